The van der Waals surface area contributed by atoms with E-state index in [4.69, 9.17) is 18.6 Å². The molecule has 6 atom stereocenters. The van der Waals surface area contributed by atoms with Gasteiger partial charge in [-0.25, -0.2) is 4.79 Å². The van der Waals surface area contributed by atoms with E-state index in [9.17, 15) is 45.3 Å². The van der Waals surface area contributed by atoms with E-state index in [-0.39, 0.29) is 33.8 Å². The Kier molecular flexibility index (Phi) is 7.36. The van der Waals surface area contributed by atoms with Crippen molar-refractivity contribution in [3.05, 3.63) is 46.6 Å². The van der Waals surface area contributed by atoms with Gasteiger partial charge in [0.2, 0.25) is 0 Å². The van der Waals surface area contributed by atoms with Crippen LogP contribution in [0.25, 0.3) is 22.3 Å². The molecule has 1 aliphatic rings. The number of aliphatic hydroxyl groups is 4. The van der Waals surface area contributed by atoms with Crippen molar-refractivity contribution in [2.24, 2.45) is 0 Å². The van der Waals surface area contributed by atoms with Crippen LogP contribution in [0.2, 0.25) is 0 Å². The fourth-order valence-electron chi connectivity index (χ4n) is 3.76. The highest BCUT2D eigenvalue weighted by Crippen LogP contribution is 2.34. The number of aromatic hydroxyl groups is 3. The Bertz CT molecular complexity index is 1360. The smallest absolute Gasteiger partial charge is 0.340 e. The van der Waals surface area contributed by atoms with Crippen molar-refractivity contribution in [1.82, 2.24) is 0 Å². The van der Waals surface area contributed by atoms with E-state index in [2.05, 4.69) is 0 Å². The van der Waals surface area contributed by atoms with Crippen molar-refractivity contribution in [3.63, 3.8) is 0 Å². The third-order valence-corrected chi connectivity index (χ3v) is 5.78. The highest BCUT2D eigenvalue weighted by atomic mass is 16.7. The molecule has 4 rings (SSSR count). The SMILES string of the molecule is CC(OC1OC(CO)C(O)C(O)C1O)C(=O)Oc1cc(O)c2c(=O)cc(-c3ccc(O)c(O)c3)oc2c1. The van der Waals surface area contributed by atoms with Gasteiger partial charge < -0.3 is 54.4 Å². The van der Waals surface area contributed by atoms with Gasteiger partial charge in [-0.05, 0) is 25.1 Å². The van der Waals surface area contributed by atoms with E-state index in [1.165, 1.54) is 31.2 Å². The summed E-state index contributed by atoms with van der Waals surface area (Å²) in [6.07, 6.45) is -9.25. The van der Waals surface area contributed by atoms with E-state index in [0.29, 0.717) is 0 Å². The Morgan fingerprint density at radius 3 is 2.38 bits per heavy atom. The number of ether oxygens (including phenoxy) is 3. The topological polar surface area (TPSA) is 217 Å². The first-order valence-corrected chi connectivity index (χ1v) is 11.0. The molecule has 37 heavy (non-hydrogen) atoms. The minimum absolute atomic E-state index is 0.00463. The molecule has 1 aliphatic heterocycles. The molecule has 2 aromatic carbocycles. The van der Waals surface area contributed by atoms with Crippen LogP contribution >= 0.6 is 0 Å². The first kappa shape index (κ1) is 26.3. The van der Waals surface area contributed by atoms with Crippen LogP contribution < -0.4 is 10.2 Å². The molecular formula is C24H24O13. The van der Waals surface area contributed by atoms with E-state index in [1.807, 2.05) is 0 Å². The number of aliphatic hydroxyl groups excluding tert-OH is 4. The van der Waals surface area contributed by atoms with Crippen LogP contribution in [0.5, 0.6) is 23.0 Å². The molecule has 13 heteroatoms. The van der Waals surface area contributed by atoms with Crippen LogP contribution in [0.15, 0.2) is 45.6 Å². The molecular weight excluding hydrogens is 496 g/mol. The molecule has 0 aliphatic carbocycles. The second kappa shape index (κ2) is 10.3. The normalized spacial score (nSPS) is 24.6. The van der Waals surface area contributed by atoms with Crippen molar-refractivity contribution in [1.29, 1.82) is 0 Å². The molecule has 2 heterocycles. The van der Waals surface area contributed by atoms with E-state index in [0.717, 1.165) is 12.1 Å². The highest BCUT2D eigenvalue weighted by molar-refractivity contribution is 5.87. The number of hydrogen-bond donors (Lipinski definition) is 7. The lowest BCUT2D eigenvalue weighted by molar-refractivity contribution is -0.308. The van der Waals surface area contributed by atoms with Crippen LogP contribution in [-0.2, 0) is 14.3 Å². The minimum Gasteiger partial charge on any atom is -0.507 e. The average molecular weight is 520 g/mol. The van der Waals surface area contributed by atoms with Gasteiger partial charge in [0.1, 0.15) is 52.6 Å². The summed E-state index contributed by atoms with van der Waals surface area (Å²) in [4.78, 5) is 25.2. The van der Waals surface area contributed by atoms with Crippen LogP contribution in [0.4, 0.5) is 0 Å². The van der Waals surface area contributed by atoms with Gasteiger partial charge in [-0.15, -0.1) is 0 Å². The molecule has 1 fully saturated rings. The second-order valence-corrected chi connectivity index (χ2v) is 8.39. The maximum atomic E-state index is 12.6. The number of fused-ring (bicyclic) bond motifs is 1. The summed E-state index contributed by atoms with van der Waals surface area (Å²) in [6, 6.07) is 7.00. The number of phenolic OH excluding ortho intramolecular Hbond substituents is 3. The lowest BCUT2D eigenvalue weighted by Gasteiger charge is -2.40. The Hall–Kier alpha value is -3.72. The van der Waals surface area contributed by atoms with Gasteiger partial charge in [0.25, 0.3) is 0 Å². The van der Waals surface area contributed by atoms with E-state index < -0.39 is 66.3 Å². The lowest BCUT2D eigenvalue weighted by Crippen LogP contribution is -2.60. The monoisotopic (exact) mass is 520 g/mol. The quantitative estimate of drug-likeness (QED) is 0.126. The Balaban J connectivity index is 1.56. The first-order valence-electron chi connectivity index (χ1n) is 11.0. The third kappa shape index (κ3) is 5.22. The number of carbonyl (C=O) groups is 1. The average Bonchev–Trinajstić information content (AvgIpc) is 2.85. The summed E-state index contributed by atoms with van der Waals surface area (Å²) >= 11 is 0. The summed E-state index contributed by atoms with van der Waals surface area (Å²) in [5.74, 6) is -2.62. The number of rotatable bonds is 6. The van der Waals surface area contributed by atoms with Crippen LogP contribution in [0.3, 0.4) is 0 Å². The predicted octanol–water partition coefficient (Wildman–Crippen LogP) is -0.313. The second-order valence-electron chi connectivity index (χ2n) is 8.39. The minimum atomic E-state index is -1.73. The van der Waals surface area contributed by atoms with Crippen molar-refractivity contribution in [2.45, 2.75) is 43.7 Å². The Morgan fingerprint density at radius 1 is 0.973 bits per heavy atom. The number of carbonyl (C=O) groups excluding carboxylic acids is 1. The zero-order valence-electron chi connectivity index (χ0n) is 19.2. The standard InChI is InChI=1S/C24H24O13/c1-9(34-24-22(32)21(31)20(30)18(8-25)37-24)23(33)35-11-5-14(28)19-15(29)7-16(36-17(19)6-11)10-2-3-12(26)13(27)4-10/h2-7,9,18,20-22,24-28,30-32H,8H2,1H3. The molecule has 7 N–H and O–H groups in total. The van der Waals surface area contributed by atoms with Gasteiger partial charge in [0.15, 0.2) is 29.3 Å². The molecule has 13 nitrogen and oxygen atoms in total. The highest BCUT2D eigenvalue weighted by Gasteiger charge is 2.45. The van der Waals surface area contributed by atoms with E-state index >= 15 is 0 Å². The van der Waals surface area contributed by atoms with Gasteiger partial charge in [0, 0.05) is 23.8 Å². The fraction of sp³-hybridized carbons (Fsp3) is 0.333. The Labute approximate surface area is 207 Å². The van der Waals surface area contributed by atoms with Crippen molar-refractivity contribution < 1.29 is 59.2 Å². The molecule has 3 aromatic rings. The number of esters is 1. The number of phenols is 3. The fourth-order valence-corrected chi connectivity index (χ4v) is 3.76. The van der Waals surface area contributed by atoms with Gasteiger partial charge in [0.05, 0.1) is 6.61 Å². The molecule has 1 aromatic heterocycles. The lowest BCUT2D eigenvalue weighted by atomic mass is 9.99. The van der Waals surface area contributed by atoms with Crippen molar-refractivity contribution in [3.8, 4) is 34.3 Å². The molecule has 198 valence electrons. The summed E-state index contributed by atoms with van der Waals surface area (Å²) in [5, 5.41) is 68.4. The summed E-state index contributed by atoms with van der Waals surface area (Å²) in [5.41, 5.74) is -0.531. The summed E-state index contributed by atoms with van der Waals surface area (Å²) in [7, 11) is 0. The molecule has 6 unspecified atom stereocenters. The van der Waals surface area contributed by atoms with Crippen molar-refractivity contribution in [2.75, 3.05) is 6.61 Å². The van der Waals surface area contributed by atoms with Gasteiger partial charge in [-0.2, -0.15) is 0 Å². The molecule has 0 saturated carbocycles. The summed E-state index contributed by atoms with van der Waals surface area (Å²) in [6.45, 7) is 0.567. The number of hydrogen-bond acceptors (Lipinski definition) is 13. The summed E-state index contributed by atoms with van der Waals surface area (Å²) < 4.78 is 21.4. The maximum absolute atomic E-state index is 12.6. The molecule has 0 bridgehead atoms. The molecule has 1 saturated heterocycles. The van der Waals surface area contributed by atoms with Crippen molar-refractivity contribution >= 4 is 16.9 Å². The number of benzene rings is 2. The van der Waals surface area contributed by atoms with Gasteiger partial charge in [-0.3, -0.25) is 4.79 Å². The Morgan fingerprint density at radius 2 is 1.70 bits per heavy atom. The molecule has 0 spiro atoms. The largest absolute Gasteiger partial charge is 0.507 e. The third-order valence-electron chi connectivity index (χ3n) is 5.78. The zero-order valence-corrected chi connectivity index (χ0v) is 19.2. The zero-order chi connectivity index (χ0) is 27.0. The molecule has 0 radical (unpaired) electrons. The molecule has 0 amide bonds. The van der Waals surface area contributed by atoms with Crippen LogP contribution in [-0.4, -0.2) is 85.1 Å². The predicted molar refractivity (Wildman–Crippen MR) is 123 cm³/mol. The van der Waals surface area contributed by atoms with Crippen LogP contribution in [0.1, 0.15) is 6.92 Å². The van der Waals surface area contributed by atoms with E-state index in [1.54, 1.807) is 0 Å². The first-order chi connectivity index (χ1) is 17.5. The van der Waals surface area contributed by atoms with Gasteiger partial charge in [-0.1, -0.05) is 0 Å². The maximum Gasteiger partial charge on any atom is 0.340 e. The van der Waals surface area contributed by atoms with Crippen LogP contribution in [0, 0.1) is 0 Å². The van der Waals surface area contributed by atoms with Gasteiger partial charge >= 0.3 is 5.97 Å².